The molecule has 0 radical (unpaired) electrons. The summed E-state index contributed by atoms with van der Waals surface area (Å²) < 4.78 is 33.8. The van der Waals surface area contributed by atoms with Gasteiger partial charge in [0.1, 0.15) is 60.6 Å². The third kappa shape index (κ3) is 14.2. The molecule has 0 bridgehead atoms. The van der Waals surface area contributed by atoms with Crippen molar-refractivity contribution in [2.75, 3.05) is 52.0 Å². The Morgan fingerprint density at radius 3 is 2.28 bits per heavy atom. The molecule has 3 aliphatic heterocycles. The number of carbonyl (C=O) groups excluding carboxylic acids is 5. The van der Waals surface area contributed by atoms with Crippen molar-refractivity contribution in [2.24, 2.45) is 5.16 Å². The number of amides is 4. The van der Waals surface area contributed by atoms with Gasteiger partial charge in [0.15, 0.2) is 22.3 Å². The lowest BCUT2D eigenvalue weighted by Crippen LogP contribution is -2.69. The van der Waals surface area contributed by atoms with E-state index >= 15 is 0 Å². The molecule has 3 aromatic carbocycles. The van der Waals surface area contributed by atoms with E-state index < -0.39 is 29.6 Å². The molecule has 0 aliphatic carbocycles. The van der Waals surface area contributed by atoms with Crippen LogP contribution < -0.4 is 34.9 Å². The predicted octanol–water partition coefficient (Wildman–Crippen LogP) is 6.62. The number of carbonyl (C=O) groups is 5. The van der Waals surface area contributed by atoms with Crippen LogP contribution in [0.1, 0.15) is 80.6 Å². The summed E-state index contributed by atoms with van der Waals surface area (Å²) in [5.41, 5.74) is 2.30. The van der Waals surface area contributed by atoms with E-state index in [0.717, 1.165) is 69.8 Å². The first-order valence-corrected chi connectivity index (χ1v) is 26.4. The van der Waals surface area contributed by atoms with E-state index in [1.165, 1.54) is 13.4 Å². The number of anilines is 1. The minimum atomic E-state index is -0.856. The fourth-order valence-electron chi connectivity index (χ4n) is 8.75. The Labute approximate surface area is 444 Å². The maximum atomic E-state index is 14.0. The van der Waals surface area contributed by atoms with Gasteiger partial charge < -0.3 is 53.2 Å². The van der Waals surface area contributed by atoms with Gasteiger partial charge in [-0.15, -0.1) is 23.1 Å². The molecule has 1 aromatic heterocycles. The third-order valence-electron chi connectivity index (χ3n) is 12.6. The highest BCUT2D eigenvalue weighted by molar-refractivity contribution is 8.00. The number of ether oxygens (including phenoxy) is 5. The second-order valence-electron chi connectivity index (χ2n) is 19.1. The average molecular weight is 1080 g/mol. The number of aromatic nitrogens is 1. The number of halogens is 1. The Bertz CT molecular complexity index is 2740. The van der Waals surface area contributed by atoms with Crippen LogP contribution in [-0.4, -0.2) is 134 Å². The number of nitrogens with zero attached hydrogens (tertiary/aromatic N) is 4. The molecule has 4 aromatic rings. The molecule has 23 heteroatoms. The number of hydrogen-bond donors (Lipinski definition) is 3. The number of methoxy groups -OCH3 is 2. The maximum Gasteiger partial charge on any atom is 0.413 e. The summed E-state index contributed by atoms with van der Waals surface area (Å²) in [6.07, 6.45) is 3.39. The van der Waals surface area contributed by atoms with Crippen LogP contribution in [0.15, 0.2) is 83.0 Å². The van der Waals surface area contributed by atoms with Gasteiger partial charge in [-0.1, -0.05) is 47.9 Å². The Balaban J connectivity index is 0.970. The fraction of sp³-hybridized carbons (Fsp3) is 0.431. The largest absolute Gasteiger partial charge is 0.543 e. The number of benzene rings is 3. The molecule has 3 N–H and O–H groups in total. The van der Waals surface area contributed by atoms with Crippen molar-refractivity contribution in [1.29, 1.82) is 0 Å². The van der Waals surface area contributed by atoms with Crippen LogP contribution in [0.3, 0.4) is 0 Å². The Morgan fingerprint density at radius 2 is 1.65 bits per heavy atom. The second kappa shape index (κ2) is 24.7. The number of oxime groups is 1. The van der Waals surface area contributed by atoms with Gasteiger partial charge in [-0.3, -0.25) is 24.5 Å². The zero-order valence-corrected chi connectivity index (χ0v) is 45.1. The molecule has 4 amide bonds. The molecule has 7 rings (SSSR count). The highest BCUT2D eigenvalue weighted by Gasteiger charge is 2.51. The third-order valence-corrected chi connectivity index (χ3v) is 15.1. The SMILES string of the molecule is BOC(=O)CCO/N=C(\C(=O)N[C@@H]1C(=O)N2C=C(C[N+]3(C)CC[C@@H](NC(=O)c4cc(Cl)c(OCc5ccc(OC)cc5)c(OCc5ccc(OC)cc5)c4)C[C@H]3CC)CS[C@H]12)c1csc(NC(=O)OC(C)(C)C)n1. The summed E-state index contributed by atoms with van der Waals surface area (Å²) in [6, 6.07) is 17.5. The number of nitrogens with one attached hydrogen (secondary N) is 3. The van der Waals surface area contributed by atoms with Crippen LogP contribution in [0.2, 0.25) is 5.02 Å². The lowest BCUT2D eigenvalue weighted by Gasteiger charge is -2.50. The molecule has 394 valence electrons. The summed E-state index contributed by atoms with van der Waals surface area (Å²) in [5.74, 6) is 0.931. The topological polar surface area (TPSA) is 215 Å². The number of likely N-dealkylation sites (tertiary alicyclic amines) is 1. The monoisotopic (exact) mass is 1070 g/mol. The van der Waals surface area contributed by atoms with E-state index in [4.69, 9.17) is 40.1 Å². The van der Waals surface area contributed by atoms with Crippen molar-refractivity contribution < 1.29 is 61.6 Å². The number of thioether (sulfide) groups is 1. The van der Waals surface area contributed by atoms with Gasteiger partial charge in [0.2, 0.25) is 0 Å². The van der Waals surface area contributed by atoms with Gasteiger partial charge in [0, 0.05) is 47.4 Å². The molecule has 1 unspecified atom stereocenters. The predicted molar refractivity (Wildman–Crippen MR) is 283 cm³/mol. The number of rotatable bonds is 21. The molecule has 2 saturated heterocycles. The highest BCUT2D eigenvalue weighted by Crippen LogP contribution is 2.40. The molecule has 0 spiro atoms. The highest BCUT2D eigenvalue weighted by atomic mass is 35.5. The Morgan fingerprint density at radius 1 is 0.973 bits per heavy atom. The molecule has 2 fully saturated rings. The second-order valence-corrected chi connectivity index (χ2v) is 21.5. The van der Waals surface area contributed by atoms with Crippen LogP contribution in [0.25, 0.3) is 0 Å². The first-order chi connectivity index (χ1) is 35.4. The summed E-state index contributed by atoms with van der Waals surface area (Å²) in [4.78, 5) is 76.9. The van der Waals surface area contributed by atoms with Crippen LogP contribution in [0, 0.1) is 0 Å². The first-order valence-electron chi connectivity index (χ1n) is 24.1. The quantitative estimate of drug-likeness (QED) is 0.0200. The van der Waals surface area contributed by atoms with Gasteiger partial charge in [-0.25, -0.2) is 9.78 Å². The lowest BCUT2D eigenvalue weighted by atomic mass is 9.91. The van der Waals surface area contributed by atoms with E-state index in [2.05, 4.69) is 44.7 Å². The fourth-order valence-corrected chi connectivity index (χ4v) is 11.0. The van der Waals surface area contributed by atoms with E-state index in [-0.39, 0.29) is 77.1 Å². The molecule has 4 heterocycles. The summed E-state index contributed by atoms with van der Waals surface area (Å²) >= 11 is 9.47. The number of likely N-dealkylation sites (N-methyl/N-ethyl adjacent to an activating group) is 1. The van der Waals surface area contributed by atoms with Crippen molar-refractivity contribution in [2.45, 2.75) is 95.7 Å². The zero-order chi connectivity index (χ0) is 53.2. The summed E-state index contributed by atoms with van der Waals surface area (Å²) in [7, 11) is 6.69. The van der Waals surface area contributed by atoms with Crippen molar-refractivity contribution in [3.05, 3.63) is 105 Å². The number of β-lactam (4-membered cyclic amide) rings is 1. The first kappa shape index (κ1) is 55.3. The van der Waals surface area contributed by atoms with Crippen LogP contribution in [0.5, 0.6) is 23.0 Å². The standard InChI is InChI=1S/C51H61BClN7O12S2/c1-8-35-23-34(54-45(62)33-21-38(53)44(69-27-31-11-15-37(67-7)16-12-31)40(22-33)68-26-30-9-13-36(66-6)14-10-30)17-19-60(35,5)25-32-24-59-47(64)43(48(59)73-28-32)56-46(63)42(58-70-20-18-41(61)72-52)39-29-74-49(55-39)57-50(65)71-51(2,3)4/h9-16,21-22,24,29,34-35,43,48H,8,17-20,23,25-28,52H2,1-7H3,(H2-,54,55,56,57,62,63,65)/p+1/b58-42-/t34-,35-,43-,48-,60?/m1/s1. The Kier molecular flexibility index (Phi) is 18.4. The number of hydrogen-bond acceptors (Lipinski definition) is 16. The van der Waals surface area contributed by atoms with E-state index in [1.807, 2.05) is 54.7 Å². The molecule has 0 saturated carbocycles. The van der Waals surface area contributed by atoms with Crippen LogP contribution in [-0.2, 0) is 41.8 Å². The van der Waals surface area contributed by atoms with Crippen LogP contribution in [0.4, 0.5) is 9.93 Å². The normalized spacial score (nSPS) is 20.4. The van der Waals surface area contributed by atoms with E-state index in [0.29, 0.717) is 29.4 Å². The van der Waals surface area contributed by atoms with Crippen molar-refractivity contribution >= 4 is 83.4 Å². The van der Waals surface area contributed by atoms with Gasteiger partial charge in [0.25, 0.3) is 23.7 Å². The molecule has 74 heavy (non-hydrogen) atoms. The molecular weight excluding hydrogens is 1010 g/mol. The van der Waals surface area contributed by atoms with E-state index in [1.54, 1.807) is 63.8 Å². The average Bonchev–Trinajstić information content (AvgIpc) is 3.84. The van der Waals surface area contributed by atoms with Crippen molar-refractivity contribution in [3.8, 4) is 23.0 Å². The number of thiazole rings is 1. The minimum Gasteiger partial charge on any atom is -0.543 e. The van der Waals surface area contributed by atoms with E-state index in [9.17, 15) is 24.0 Å². The van der Waals surface area contributed by atoms with Gasteiger partial charge >= 0.3 is 14.1 Å². The van der Waals surface area contributed by atoms with Crippen LogP contribution >= 0.6 is 34.7 Å². The van der Waals surface area contributed by atoms with Gasteiger partial charge in [-0.2, -0.15) is 0 Å². The van der Waals surface area contributed by atoms with Crippen molar-refractivity contribution in [1.82, 2.24) is 20.5 Å². The zero-order valence-electron chi connectivity index (χ0n) is 42.7. The molecule has 19 nitrogen and oxygen atoms in total. The minimum absolute atomic E-state index is 0.0793. The number of quaternary nitrogens is 1. The maximum absolute atomic E-state index is 14.0. The lowest BCUT2D eigenvalue weighted by molar-refractivity contribution is -0.934. The molecule has 3 aliphatic rings. The van der Waals surface area contributed by atoms with Gasteiger partial charge in [-0.05, 0) is 74.7 Å². The summed E-state index contributed by atoms with van der Waals surface area (Å²) in [6.45, 7) is 9.04. The summed E-state index contributed by atoms with van der Waals surface area (Å²) in [5, 5.41) is 14.1. The number of fused-ring (bicyclic) bond motifs is 1. The van der Waals surface area contributed by atoms with Gasteiger partial charge in [0.05, 0.1) is 45.3 Å². The Hall–Kier alpha value is -6.49. The number of piperidine rings is 1. The van der Waals surface area contributed by atoms with Crippen molar-refractivity contribution in [3.63, 3.8) is 0 Å². The molecular formula is C51H62BClN7O12S2+. The smallest absolute Gasteiger partial charge is 0.413 e. The molecule has 5 atom stereocenters.